The summed E-state index contributed by atoms with van der Waals surface area (Å²) in [6.45, 7) is 4.64. The maximum absolute atomic E-state index is 12.2. The molecule has 0 bridgehead atoms. The molecule has 29 heavy (non-hydrogen) atoms. The summed E-state index contributed by atoms with van der Waals surface area (Å²) in [6, 6.07) is 11.8. The van der Waals surface area contributed by atoms with E-state index in [1.807, 2.05) is 0 Å². The molecule has 0 aliphatic carbocycles. The summed E-state index contributed by atoms with van der Waals surface area (Å²) in [5.41, 5.74) is 1.16. The lowest BCUT2D eigenvalue weighted by Gasteiger charge is -2.14. The fourth-order valence-corrected chi connectivity index (χ4v) is 2.80. The first kappa shape index (κ1) is 22.1. The quantitative estimate of drug-likeness (QED) is 0.336. The Hall–Kier alpha value is -3.22. The number of carbonyl (C=O) groups excluding carboxylic acids is 2. The highest BCUT2D eigenvalue weighted by atomic mass is 16.6. The van der Waals surface area contributed by atoms with Crippen molar-refractivity contribution in [1.29, 1.82) is 0 Å². The Morgan fingerprint density at radius 1 is 1.03 bits per heavy atom. The number of nitro groups is 1. The van der Waals surface area contributed by atoms with Crippen LogP contribution in [-0.4, -0.2) is 23.4 Å². The van der Waals surface area contributed by atoms with Gasteiger partial charge in [-0.2, -0.15) is 0 Å². The van der Waals surface area contributed by atoms with E-state index in [2.05, 4.69) is 19.2 Å². The van der Waals surface area contributed by atoms with Crippen LogP contribution in [0.1, 0.15) is 60.2 Å². The molecule has 2 aromatic carbocycles. The first-order chi connectivity index (χ1) is 13.9. The number of non-ortho nitro benzene ring substituents is 1. The highest BCUT2D eigenvalue weighted by molar-refractivity contribution is 6.04. The minimum atomic E-state index is -0.522. The number of unbranched alkanes of at least 4 members (excludes halogenated alkanes) is 1. The lowest BCUT2D eigenvalue weighted by atomic mass is 10.0. The van der Waals surface area contributed by atoms with Crippen molar-refractivity contribution in [3.63, 3.8) is 0 Å². The third kappa shape index (κ3) is 6.71. The van der Waals surface area contributed by atoms with Gasteiger partial charge >= 0.3 is 5.97 Å². The lowest BCUT2D eigenvalue weighted by molar-refractivity contribution is -0.384. The summed E-state index contributed by atoms with van der Waals surface area (Å²) in [5.74, 6) is -0.399. The normalized spacial score (nSPS) is 11.5. The summed E-state index contributed by atoms with van der Waals surface area (Å²) in [6.07, 6.45) is 4.27. The monoisotopic (exact) mass is 398 g/mol. The van der Waals surface area contributed by atoms with E-state index in [1.54, 1.807) is 24.3 Å². The van der Waals surface area contributed by atoms with Gasteiger partial charge in [0.2, 0.25) is 0 Å². The molecule has 0 saturated carbocycles. The van der Waals surface area contributed by atoms with Gasteiger partial charge < -0.3 is 10.1 Å². The molecule has 0 aromatic heterocycles. The molecule has 7 nitrogen and oxygen atoms in total. The number of nitrogens with one attached hydrogen (secondary N) is 1. The molecule has 2 rings (SSSR count). The number of benzene rings is 2. The summed E-state index contributed by atoms with van der Waals surface area (Å²) in [7, 11) is 0. The van der Waals surface area contributed by atoms with Crippen molar-refractivity contribution in [2.45, 2.75) is 39.5 Å². The zero-order chi connectivity index (χ0) is 21.2. The van der Waals surface area contributed by atoms with Gasteiger partial charge in [-0.15, -0.1) is 0 Å². The van der Waals surface area contributed by atoms with E-state index in [0.717, 1.165) is 25.7 Å². The van der Waals surface area contributed by atoms with E-state index in [4.69, 9.17) is 4.74 Å². The molecule has 0 aliphatic rings. The number of ether oxygens (including phenoxy) is 1. The molecule has 1 atom stereocenters. The maximum Gasteiger partial charge on any atom is 0.338 e. The van der Waals surface area contributed by atoms with E-state index in [1.165, 1.54) is 24.3 Å². The third-order valence-electron chi connectivity index (χ3n) is 4.71. The van der Waals surface area contributed by atoms with E-state index in [-0.39, 0.29) is 11.7 Å². The standard InChI is InChI=1S/C22H26N2O5/c1-3-5-6-16(4-2)15-29-22(26)18-7-11-19(12-8-18)23-21(25)17-9-13-20(14-10-17)24(27)28/h7-14,16H,3-6,15H2,1-2H3,(H,23,25). The average molecular weight is 398 g/mol. The molecule has 0 radical (unpaired) electrons. The van der Waals surface area contributed by atoms with Crippen LogP contribution < -0.4 is 5.32 Å². The van der Waals surface area contributed by atoms with Crippen LogP contribution in [-0.2, 0) is 4.74 Å². The van der Waals surface area contributed by atoms with E-state index in [9.17, 15) is 19.7 Å². The van der Waals surface area contributed by atoms with E-state index in [0.29, 0.717) is 29.3 Å². The first-order valence-corrected chi connectivity index (χ1v) is 9.77. The van der Waals surface area contributed by atoms with Crippen LogP contribution in [0.15, 0.2) is 48.5 Å². The second-order valence-corrected chi connectivity index (χ2v) is 6.85. The van der Waals surface area contributed by atoms with Gasteiger partial charge in [0, 0.05) is 23.4 Å². The largest absolute Gasteiger partial charge is 0.462 e. The fraction of sp³-hybridized carbons (Fsp3) is 0.364. The highest BCUT2D eigenvalue weighted by Gasteiger charge is 2.13. The minimum absolute atomic E-state index is 0.0792. The number of nitrogens with zero attached hydrogens (tertiary/aromatic N) is 1. The van der Waals surface area contributed by atoms with Crippen LogP contribution in [0.25, 0.3) is 0 Å². The van der Waals surface area contributed by atoms with Gasteiger partial charge in [0.05, 0.1) is 17.1 Å². The van der Waals surface area contributed by atoms with Crippen molar-refractivity contribution in [3.05, 3.63) is 69.8 Å². The molecule has 1 unspecified atom stereocenters. The van der Waals surface area contributed by atoms with Crippen molar-refractivity contribution in [2.24, 2.45) is 5.92 Å². The van der Waals surface area contributed by atoms with Crippen molar-refractivity contribution in [2.75, 3.05) is 11.9 Å². The lowest BCUT2D eigenvalue weighted by Crippen LogP contribution is -2.14. The van der Waals surface area contributed by atoms with Crippen LogP contribution in [0.4, 0.5) is 11.4 Å². The Morgan fingerprint density at radius 3 is 2.21 bits per heavy atom. The summed E-state index contributed by atoms with van der Waals surface area (Å²) >= 11 is 0. The van der Waals surface area contributed by atoms with Gasteiger partial charge in [0.25, 0.3) is 11.6 Å². The number of esters is 1. The average Bonchev–Trinajstić information content (AvgIpc) is 2.74. The molecule has 0 fully saturated rings. The molecular formula is C22H26N2O5. The number of amides is 1. The zero-order valence-electron chi connectivity index (χ0n) is 16.7. The number of hydrogen-bond donors (Lipinski definition) is 1. The maximum atomic E-state index is 12.2. The van der Waals surface area contributed by atoms with Gasteiger partial charge in [-0.3, -0.25) is 14.9 Å². The molecule has 0 spiro atoms. The summed E-state index contributed by atoms with van der Waals surface area (Å²) in [5, 5.41) is 13.4. The Morgan fingerprint density at radius 2 is 1.66 bits per heavy atom. The SMILES string of the molecule is CCCCC(CC)COC(=O)c1ccc(NC(=O)c2ccc([N+](=O)[O-])cc2)cc1. The Labute approximate surface area is 170 Å². The summed E-state index contributed by atoms with van der Waals surface area (Å²) in [4.78, 5) is 34.6. The number of nitro benzene ring substituents is 1. The van der Waals surface area contributed by atoms with Crippen LogP contribution in [0.3, 0.4) is 0 Å². The number of anilines is 1. The molecule has 0 heterocycles. The van der Waals surface area contributed by atoms with Gasteiger partial charge in [0.15, 0.2) is 0 Å². The van der Waals surface area contributed by atoms with Gasteiger partial charge in [-0.25, -0.2) is 4.79 Å². The van der Waals surface area contributed by atoms with Gasteiger partial charge in [-0.05, 0) is 48.7 Å². The van der Waals surface area contributed by atoms with Crippen molar-refractivity contribution in [3.8, 4) is 0 Å². The molecule has 154 valence electrons. The number of carbonyl (C=O) groups is 2. The second-order valence-electron chi connectivity index (χ2n) is 6.85. The van der Waals surface area contributed by atoms with Crippen LogP contribution >= 0.6 is 0 Å². The van der Waals surface area contributed by atoms with Crippen LogP contribution in [0.5, 0.6) is 0 Å². The van der Waals surface area contributed by atoms with Crippen molar-refractivity contribution >= 4 is 23.3 Å². The molecule has 0 aliphatic heterocycles. The van der Waals surface area contributed by atoms with Gasteiger partial charge in [-0.1, -0.05) is 33.1 Å². The highest BCUT2D eigenvalue weighted by Crippen LogP contribution is 2.17. The van der Waals surface area contributed by atoms with Crippen molar-refractivity contribution < 1.29 is 19.2 Å². The van der Waals surface area contributed by atoms with Gasteiger partial charge in [0.1, 0.15) is 0 Å². The minimum Gasteiger partial charge on any atom is -0.462 e. The predicted octanol–water partition coefficient (Wildman–Crippen LogP) is 5.22. The first-order valence-electron chi connectivity index (χ1n) is 9.77. The molecule has 0 saturated heterocycles. The zero-order valence-corrected chi connectivity index (χ0v) is 16.7. The van der Waals surface area contributed by atoms with E-state index < -0.39 is 10.8 Å². The summed E-state index contributed by atoms with van der Waals surface area (Å²) < 4.78 is 5.42. The molecule has 7 heteroatoms. The van der Waals surface area contributed by atoms with Crippen LogP contribution in [0.2, 0.25) is 0 Å². The Bertz CT molecular complexity index is 831. The van der Waals surface area contributed by atoms with Crippen molar-refractivity contribution in [1.82, 2.24) is 0 Å². The Kier molecular flexibility index (Phi) is 8.33. The molecule has 2 aromatic rings. The second kappa shape index (κ2) is 10.9. The number of rotatable bonds is 10. The van der Waals surface area contributed by atoms with E-state index >= 15 is 0 Å². The smallest absolute Gasteiger partial charge is 0.338 e. The molecule has 1 amide bonds. The predicted molar refractivity (Wildman–Crippen MR) is 111 cm³/mol. The fourth-order valence-electron chi connectivity index (χ4n) is 2.80. The number of hydrogen-bond acceptors (Lipinski definition) is 5. The van der Waals surface area contributed by atoms with Crippen LogP contribution in [0, 0.1) is 16.0 Å². The third-order valence-corrected chi connectivity index (χ3v) is 4.71. The Balaban J connectivity index is 1.91. The molecular weight excluding hydrogens is 372 g/mol. The topological polar surface area (TPSA) is 98.5 Å². The molecule has 1 N–H and O–H groups in total.